The first-order valence-corrected chi connectivity index (χ1v) is 32.6. The fourth-order valence-corrected chi connectivity index (χ4v) is 14.6. The van der Waals surface area contributed by atoms with E-state index in [0.29, 0.717) is 12.2 Å². The quantitative estimate of drug-likeness (QED) is 0.0154. The average molecular weight is 1330 g/mol. The van der Waals surface area contributed by atoms with E-state index in [4.69, 9.17) is 43.0 Å². The molecule has 27 nitrogen and oxygen atoms in total. The van der Waals surface area contributed by atoms with Crippen molar-refractivity contribution in [2.24, 2.45) is 16.7 Å². The number of aliphatic carboxylic acids is 3. The van der Waals surface area contributed by atoms with E-state index >= 15 is 9.59 Å². The summed E-state index contributed by atoms with van der Waals surface area (Å²) < 4.78 is 49.3. The Bertz CT molecular complexity index is 3070. The van der Waals surface area contributed by atoms with Crippen LogP contribution >= 0.6 is 21.6 Å². The Kier molecular flexibility index (Phi) is 25.3. The van der Waals surface area contributed by atoms with Gasteiger partial charge in [-0.2, -0.15) is 0 Å². The number of benzene rings is 2. The molecule has 1 saturated heterocycles. The predicted molar refractivity (Wildman–Crippen MR) is 329 cm³/mol. The van der Waals surface area contributed by atoms with Gasteiger partial charge in [-0.1, -0.05) is 84.0 Å². The van der Waals surface area contributed by atoms with Crippen LogP contribution in [0.15, 0.2) is 71.8 Å². The molecule has 13 unspecified atom stereocenters. The van der Waals surface area contributed by atoms with Crippen molar-refractivity contribution < 1.29 is 111 Å². The van der Waals surface area contributed by atoms with Gasteiger partial charge in [-0.15, -0.1) is 0 Å². The van der Waals surface area contributed by atoms with E-state index < -0.39 is 167 Å². The molecular formula is C63H84N4O23S2. The second kappa shape index (κ2) is 31.5. The van der Waals surface area contributed by atoms with Crippen molar-refractivity contribution in [2.45, 2.75) is 185 Å². The van der Waals surface area contributed by atoms with Crippen LogP contribution in [-0.2, 0) is 76.3 Å². The largest absolute Gasteiger partial charge is 0.481 e. The molecule has 4 aliphatic rings. The summed E-state index contributed by atoms with van der Waals surface area (Å²) in [6.07, 6.45) is -10.7. The zero-order chi connectivity index (χ0) is 68.1. The van der Waals surface area contributed by atoms with Gasteiger partial charge in [-0.25, -0.2) is 28.8 Å². The van der Waals surface area contributed by atoms with Crippen molar-refractivity contribution in [3.8, 4) is 0 Å². The summed E-state index contributed by atoms with van der Waals surface area (Å²) in [5.74, 6) is -10.0. The number of aliphatic hydroxyl groups is 1. The molecule has 3 aliphatic carbocycles. The number of hydrogen-bond acceptors (Lipinski definition) is 22. The van der Waals surface area contributed by atoms with E-state index in [0.717, 1.165) is 0 Å². The van der Waals surface area contributed by atoms with Crippen molar-refractivity contribution in [3.05, 3.63) is 82.9 Å². The van der Waals surface area contributed by atoms with Crippen LogP contribution in [0.2, 0.25) is 0 Å². The topological polar surface area (TPSA) is 391 Å². The number of ether oxygens (including phenoxy) is 8. The normalized spacial score (nSPS) is 25.9. The molecule has 2 saturated carbocycles. The van der Waals surface area contributed by atoms with Crippen LogP contribution in [0.25, 0.3) is 0 Å². The Morgan fingerprint density at radius 2 is 1.42 bits per heavy atom. The number of hydrogen-bond donors (Lipinski definition) is 8. The highest BCUT2D eigenvalue weighted by Gasteiger charge is 2.78. The summed E-state index contributed by atoms with van der Waals surface area (Å²) in [5, 5.41) is 51.5. The van der Waals surface area contributed by atoms with E-state index in [9.17, 15) is 58.5 Å². The Morgan fingerprint density at radius 3 is 1.99 bits per heavy atom. The smallest absolute Gasteiger partial charge is 0.408 e. The summed E-state index contributed by atoms with van der Waals surface area (Å²) in [5.41, 5.74) is -7.67. The van der Waals surface area contributed by atoms with Gasteiger partial charge in [-0.3, -0.25) is 24.0 Å². The van der Waals surface area contributed by atoms with Gasteiger partial charge in [0.05, 0.1) is 35.4 Å². The molecule has 1 heterocycles. The van der Waals surface area contributed by atoms with Crippen LogP contribution in [-0.4, -0.2) is 190 Å². The van der Waals surface area contributed by atoms with Crippen molar-refractivity contribution in [3.63, 3.8) is 0 Å². The number of nitrogens with one attached hydrogen (secondary N) is 4. The van der Waals surface area contributed by atoms with E-state index in [1.165, 1.54) is 54.9 Å². The third-order valence-electron chi connectivity index (χ3n) is 17.2. The lowest BCUT2D eigenvalue weighted by molar-refractivity contribution is -0.347. The lowest BCUT2D eigenvalue weighted by atomic mass is 9.44. The molecule has 3 fully saturated rings. The van der Waals surface area contributed by atoms with Gasteiger partial charge in [0.2, 0.25) is 12.0 Å². The van der Waals surface area contributed by atoms with Crippen molar-refractivity contribution in [2.75, 3.05) is 38.9 Å². The minimum Gasteiger partial charge on any atom is -0.481 e. The molecule has 4 amide bonds. The molecule has 2 aromatic rings. The zero-order valence-corrected chi connectivity index (χ0v) is 54.7. The van der Waals surface area contributed by atoms with Crippen molar-refractivity contribution >= 4 is 87.2 Å². The van der Waals surface area contributed by atoms with Crippen LogP contribution in [0.3, 0.4) is 0 Å². The van der Waals surface area contributed by atoms with Crippen LogP contribution < -0.4 is 21.3 Å². The Hall–Kier alpha value is -7.31. The Balaban J connectivity index is 1.22. The molecule has 2 bridgehead atoms. The fraction of sp³-hybridized carbons (Fsp3) is 0.603. The molecule has 29 heteroatoms. The molecular weight excluding hydrogens is 1240 g/mol. The van der Waals surface area contributed by atoms with Crippen LogP contribution in [0.5, 0.6) is 0 Å². The molecule has 1 aliphatic heterocycles. The number of alkyl carbamates (subject to hydrolysis) is 1. The standard InChI is InChI=1S/C63H84N4O23S2/c1-34-40(31-63(82)52(88-55(78)37-22-15-12-16-23-37)50-61(8,51(73)48(84-10)46(34)60(63,6)7)41(83-9)30-42-62(50,33-85-42)89-35(2)68)86-56(79)49(47(36-20-13-11-14-21-36)67-58(81)90-59(3,4)5)87-45(72)25-19-29-91-92-32-43(69)64-28-18-17-24-38(53(74)75)65-57(80)66-39(54(76)77)26-27-44(70)71/h11-16,20-23,38-42,47-50,52,82H,17-19,24-33H2,1-10H3,(H,64,69)(H,67,81)(H,70,71)(H,74,75)(H,76,77)(H2,65,66,80). The number of esters is 4. The van der Waals surface area contributed by atoms with Crippen LogP contribution in [0.1, 0.15) is 135 Å². The second-order valence-corrected chi connectivity index (χ2v) is 27.4. The molecule has 92 heavy (non-hydrogen) atoms. The number of carboxylic acid groups (broad SMARTS) is 3. The van der Waals surface area contributed by atoms with Gasteiger partial charge in [0.25, 0.3) is 0 Å². The van der Waals surface area contributed by atoms with Crippen molar-refractivity contribution in [1.29, 1.82) is 0 Å². The van der Waals surface area contributed by atoms with Crippen LogP contribution in [0, 0.1) is 16.7 Å². The number of carbonyl (C=O) groups excluding carboxylic acids is 8. The lowest BCUT2D eigenvalue weighted by Gasteiger charge is -2.67. The highest BCUT2D eigenvalue weighted by Crippen LogP contribution is 2.65. The Morgan fingerprint density at radius 1 is 0.793 bits per heavy atom. The number of carboxylic acids is 3. The fourth-order valence-electron chi connectivity index (χ4n) is 12.7. The average Bonchev–Trinajstić information content (AvgIpc) is 0.670. The maximum atomic E-state index is 15.9. The SMILES string of the molecule is COC1C(=O)C2(C)C(OC)CC3OCC3(OC(C)=O)C2C(OC(=O)c2ccccc2)C2(O)CC(OC(=O)C(OC(=O)CCCSSCC(=O)NCCCCC(NC(=O)NC(CCC(=O)O)C(=O)O)C(=O)O)C(NC(=O)OC(C)(C)C)c3ccccc3)C(C)=C1C2(C)C. The van der Waals surface area contributed by atoms with E-state index in [1.54, 1.807) is 97.0 Å². The highest BCUT2D eigenvalue weighted by molar-refractivity contribution is 8.76. The first-order chi connectivity index (χ1) is 43.3. The summed E-state index contributed by atoms with van der Waals surface area (Å²) in [7, 11) is 5.14. The summed E-state index contributed by atoms with van der Waals surface area (Å²) in [6, 6.07) is 10.5. The van der Waals surface area contributed by atoms with E-state index in [2.05, 4.69) is 21.3 Å². The summed E-state index contributed by atoms with van der Waals surface area (Å²) in [6.45, 7) is 12.4. The number of rotatable bonds is 30. The van der Waals surface area contributed by atoms with Crippen LogP contribution in [0.4, 0.5) is 9.59 Å². The third kappa shape index (κ3) is 17.3. The molecule has 0 aromatic heterocycles. The molecule has 6 rings (SSSR count). The lowest BCUT2D eigenvalue weighted by Crippen LogP contribution is -2.82. The number of unbranched alkanes of at least 4 members (excludes halogenated alkanes) is 1. The summed E-state index contributed by atoms with van der Waals surface area (Å²) in [4.78, 5) is 146. The van der Waals surface area contributed by atoms with Gasteiger partial charge in [-0.05, 0) is 95.6 Å². The first-order valence-electron chi connectivity index (χ1n) is 30.1. The predicted octanol–water partition coefficient (Wildman–Crippen LogP) is 5.64. The maximum absolute atomic E-state index is 15.9. The molecule has 8 N–H and O–H groups in total. The Labute approximate surface area is 540 Å². The van der Waals surface area contributed by atoms with Gasteiger partial charge >= 0.3 is 53.9 Å². The molecule has 2 aromatic carbocycles. The minimum atomic E-state index is -2.36. The van der Waals surface area contributed by atoms with Gasteiger partial charge in [0.15, 0.2) is 11.4 Å². The first kappa shape index (κ1) is 73.7. The number of fused-ring (bicyclic) bond motifs is 5. The monoisotopic (exact) mass is 1330 g/mol. The van der Waals surface area contributed by atoms with Gasteiger partial charge < -0.3 is 79.6 Å². The van der Waals surface area contributed by atoms with Gasteiger partial charge in [0.1, 0.15) is 53.7 Å². The number of carbonyl (C=O) groups is 11. The van der Waals surface area contributed by atoms with E-state index in [-0.39, 0.29) is 79.2 Å². The molecule has 506 valence electrons. The number of Topliss-reactive ketones (excluding diaryl/α,β-unsaturated/α-hetero) is 1. The van der Waals surface area contributed by atoms with Crippen molar-refractivity contribution in [1.82, 2.24) is 21.3 Å². The molecule has 0 spiro atoms. The second-order valence-electron chi connectivity index (χ2n) is 24.8. The number of methoxy groups -OCH3 is 2. The maximum Gasteiger partial charge on any atom is 0.408 e. The number of urea groups is 1. The summed E-state index contributed by atoms with van der Waals surface area (Å²) >= 11 is 0. The number of ketones is 1. The number of amides is 4. The molecule has 0 radical (unpaired) electrons. The molecule has 13 atom stereocenters. The third-order valence-corrected chi connectivity index (χ3v) is 19.6. The minimum absolute atomic E-state index is 0.0155. The van der Waals surface area contributed by atoms with E-state index in [1.807, 2.05) is 0 Å². The zero-order valence-electron chi connectivity index (χ0n) is 53.1. The highest BCUT2D eigenvalue weighted by atomic mass is 33.1. The van der Waals surface area contributed by atoms with Gasteiger partial charge in [0, 0.05) is 64.5 Å².